The largest absolute Gasteiger partial charge is 0.271 e. The minimum atomic E-state index is -0.307. The van der Waals surface area contributed by atoms with Gasteiger partial charge in [-0.05, 0) is 44.4 Å². The maximum Gasteiger partial charge on any atom is 0.271 e. The lowest BCUT2D eigenvalue weighted by molar-refractivity contribution is 0.334. The second kappa shape index (κ2) is 7.50. The van der Waals surface area contributed by atoms with Gasteiger partial charge < -0.3 is 0 Å². The molecule has 0 bridgehead atoms. The molecule has 0 aliphatic rings. The summed E-state index contributed by atoms with van der Waals surface area (Å²) in [7, 11) is 0. The van der Waals surface area contributed by atoms with Crippen molar-refractivity contribution in [1.29, 1.82) is 0 Å². The van der Waals surface area contributed by atoms with E-state index in [0.29, 0.717) is 0 Å². The van der Waals surface area contributed by atoms with E-state index < -0.39 is 0 Å². The topological polar surface area (TPSA) is 34.9 Å². The zero-order valence-electron chi connectivity index (χ0n) is 15.7. The zero-order chi connectivity index (χ0) is 18.7. The Kier molecular flexibility index (Phi) is 5.33. The maximum atomic E-state index is 12.5. The summed E-state index contributed by atoms with van der Waals surface area (Å²) in [6, 6.07) is 18.9. The van der Waals surface area contributed by atoms with Crippen LogP contribution in [0.3, 0.4) is 0 Å². The van der Waals surface area contributed by atoms with E-state index in [0.717, 1.165) is 16.2 Å². The van der Waals surface area contributed by atoms with Gasteiger partial charge in [0.15, 0.2) is 0 Å². The van der Waals surface area contributed by atoms with E-state index in [1.165, 1.54) is 16.7 Å². The molecule has 3 nitrogen and oxygen atoms in total. The molecule has 2 aromatic carbocycles. The number of benzene rings is 2. The molecule has 1 aromatic heterocycles. The third-order valence-electron chi connectivity index (χ3n) is 4.26. The van der Waals surface area contributed by atoms with Crippen LogP contribution in [0.15, 0.2) is 70.5 Å². The van der Waals surface area contributed by atoms with Crippen LogP contribution < -0.4 is 5.56 Å². The molecule has 0 unspecified atom stereocenters. The third-order valence-corrected chi connectivity index (χ3v) is 5.46. The molecule has 0 amide bonds. The summed E-state index contributed by atoms with van der Waals surface area (Å²) in [5.74, 6) is 0.816. The first-order valence-electron chi connectivity index (χ1n) is 8.73. The number of hydrogen-bond acceptors (Lipinski definition) is 3. The highest BCUT2D eigenvalue weighted by atomic mass is 32.2. The zero-order valence-corrected chi connectivity index (χ0v) is 16.5. The molecule has 0 fully saturated rings. The van der Waals surface area contributed by atoms with Crippen LogP contribution in [0.25, 0.3) is 11.1 Å². The predicted octanol–water partition coefficient (Wildman–Crippen LogP) is 5.27. The summed E-state index contributed by atoms with van der Waals surface area (Å²) in [5, 5.41) is 4.36. The fourth-order valence-corrected chi connectivity index (χ4v) is 3.67. The normalized spacial score (nSPS) is 11.5. The Morgan fingerprint density at radius 2 is 1.58 bits per heavy atom. The van der Waals surface area contributed by atoms with E-state index in [-0.39, 0.29) is 11.1 Å². The van der Waals surface area contributed by atoms with Crippen molar-refractivity contribution in [2.45, 2.75) is 43.9 Å². The highest BCUT2D eigenvalue weighted by molar-refractivity contribution is 7.98. The first-order chi connectivity index (χ1) is 12.4. The Morgan fingerprint density at radius 1 is 0.962 bits per heavy atom. The van der Waals surface area contributed by atoms with Gasteiger partial charge in [-0.3, -0.25) is 4.79 Å². The molecule has 3 aromatic rings. The van der Waals surface area contributed by atoms with Crippen LogP contribution in [0.1, 0.15) is 31.9 Å². The Bertz CT molecular complexity index is 939. The second-order valence-electron chi connectivity index (χ2n) is 7.37. The van der Waals surface area contributed by atoms with Crippen LogP contribution in [0.5, 0.6) is 0 Å². The van der Waals surface area contributed by atoms with Crippen LogP contribution in [0.4, 0.5) is 0 Å². The number of nitrogens with zero attached hydrogens (tertiary/aromatic N) is 2. The van der Waals surface area contributed by atoms with Crippen molar-refractivity contribution < 1.29 is 0 Å². The van der Waals surface area contributed by atoms with Gasteiger partial charge in [0.1, 0.15) is 0 Å². The van der Waals surface area contributed by atoms with Crippen molar-refractivity contribution in [2.75, 3.05) is 0 Å². The minimum Gasteiger partial charge on any atom is -0.267 e. The van der Waals surface area contributed by atoms with Crippen LogP contribution >= 0.6 is 11.8 Å². The summed E-state index contributed by atoms with van der Waals surface area (Å²) < 4.78 is 1.56. The van der Waals surface area contributed by atoms with E-state index in [1.807, 2.05) is 40.0 Å². The van der Waals surface area contributed by atoms with Crippen molar-refractivity contribution in [3.05, 3.63) is 82.3 Å². The summed E-state index contributed by atoms with van der Waals surface area (Å²) in [5.41, 5.74) is 4.11. The molecule has 1 heterocycles. The SMILES string of the molecule is Cc1c(SCc2ccc(-c3ccccc3)cc2)cnn(C(C)(C)C)c1=O. The van der Waals surface area contributed by atoms with Crippen LogP contribution in [0.2, 0.25) is 0 Å². The van der Waals surface area contributed by atoms with Crippen LogP contribution in [-0.4, -0.2) is 9.78 Å². The van der Waals surface area contributed by atoms with Crippen molar-refractivity contribution in [3.8, 4) is 11.1 Å². The molecule has 0 aliphatic carbocycles. The highest BCUT2D eigenvalue weighted by Gasteiger charge is 2.18. The van der Waals surface area contributed by atoms with Crippen molar-refractivity contribution >= 4 is 11.8 Å². The molecule has 0 aliphatic heterocycles. The molecule has 26 heavy (non-hydrogen) atoms. The number of rotatable bonds is 4. The summed E-state index contributed by atoms with van der Waals surface area (Å²) in [6.07, 6.45) is 1.81. The average molecular weight is 365 g/mol. The smallest absolute Gasteiger partial charge is 0.267 e. The van der Waals surface area contributed by atoms with Crippen LogP contribution in [-0.2, 0) is 11.3 Å². The van der Waals surface area contributed by atoms with Gasteiger partial charge in [0, 0.05) is 16.2 Å². The second-order valence-corrected chi connectivity index (χ2v) is 8.39. The quantitative estimate of drug-likeness (QED) is 0.592. The molecular weight excluding hydrogens is 340 g/mol. The minimum absolute atomic E-state index is 0.0121. The summed E-state index contributed by atoms with van der Waals surface area (Å²) >= 11 is 1.66. The molecule has 0 spiro atoms. The van der Waals surface area contributed by atoms with Crippen molar-refractivity contribution in [1.82, 2.24) is 9.78 Å². The van der Waals surface area contributed by atoms with Gasteiger partial charge >= 0.3 is 0 Å². The third kappa shape index (κ3) is 4.07. The van der Waals surface area contributed by atoms with Crippen molar-refractivity contribution in [2.24, 2.45) is 0 Å². The first kappa shape index (κ1) is 18.5. The Hall–Kier alpha value is -2.33. The fourth-order valence-electron chi connectivity index (χ4n) is 2.73. The van der Waals surface area contributed by atoms with E-state index in [9.17, 15) is 4.79 Å². The number of hydrogen-bond donors (Lipinski definition) is 0. The van der Waals surface area contributed by atoms with Gasteiger partial charge in [0.05, 0.1) is 11.7 Å². The van der Waals surface area contributed by atoms with Gasteiger partial charge in [0.2, 0.25) is 0 Å². The van der Waals surface area contributed by atoms with E-state index >= 15 is 0 Å². The molecule has 0 radical (unpaired) electrons. The molecule has 134 valence electrons. The lowest BCUT2D eigenvalue weighted by atomic mass is 10.0. The van der Waals surface area contributed by atoms with E-state index in [2.05, 4.69) is 53.6 Å². The predicted molar refractivity (Wildman–Crippen MR) is 110 cm³/mol. The van der Waals surface area contributed by atoms with Gasteiger partial charge in [-0.1, -0.05) is 54.6 Å². The standard InChI is InChI=1S/C22H24N2OS/c1-16-20(14-23-24(21(16)25)22(2,3)4)26-15-17-10-12-19(13-11-17)18-8-6-5-7-9-18/h5-14H,15H2,1-4H3. The van der Waals surface area contributed by atoms with E-state index in [4.69, 9.17) is 0 Å². The lowest BCUT2D eigenvalue weighted by Gasteiger charge is -2.21. The monoisotopic (exact) mass is 364 g/mol. The maximum absolute atomic E-state index is 12.5. The van der Waals surface area contributed by atoms with Gasteiger partial charge in [-0.2, -0.15) is 5.10 Å². The lowest BCUT2D eigenvalue weighted by Crippen LogP contribution is -2.37. The van der Waals surface area contributed by atoms with Gasteiger partial charge in [0.25, 0.3) is 5.56 Å². The Morgan fingerprint density at radius 3 is 2.19 bits per heavy atom. The Labute approximate surface area is 159 Å². The van der Waals surface area contributed by atoms with Crippen molar-refractivity contribution in [3.63, 3.8) is 0 Å². The molecule has 0 N–H and O–H groups in total. The Balaban J connectivity index is 1.74. The molecule has 0 saturated heterocycles. The highest BCUT2D eigenvalue weighted by Crippen LogP contribution is 2.26. The molecule has 0 saturated carbocycles. The summed E-state index contributed by atoms with van der Waals surface area (Å²) in [4.78, 5) is 13.5. The molecule has 3 rings (SSSR count). The number of thioether (sulfide) groups is 1. The van der Waals surface area contributed by atoms with Crippen LogP contribution in [0, 0.1) is 6.92 Å². The number of aromatic nitrogens is 2. The molecule has 4 heteroatoms. The first-order valence-corrected chi connectivity index (χ1v) is 9.71. The summed E-state index contributed by atoms with van der Waals surface area (Å²) in [6.45, 7) is 7.85. The van der Waals surface area contributed by atoms with E-state index in [1.54, 1.807) is 16.4 Å². The van der Waals surface area contributed by atoms with Gasteiger partial charge in [-0.15, -0.1) is 11.8 Å². The molecular formula is C22H24N2OS. The fraction of sp³-hybridized carbons (Fsp3) is 0.273. The average Bonchev–Trinajstić information content (AvgIpc) is 2.63. The molecule has 0 atom stereocenters. The van der Waals surface area contributed by atoms with Gasteiger partial charge in [-0.25, -0.2) is 4.68 Å².